The highest BCUT2D eigenvalue weighted by Crippen LogP contribution is 2.41. The predicted octanol–water partition coefficient (Wildman–Crippen LogP) is 3.89. The average molecular weight is 385 g/mol. The molecule has 3 nitrogen and oxygen atoms in total. The molecule has 6 heteroatoms. The molecule has 1 N–H and O–H groups in total. The molecule has 23 heavy (non-hydrogen) atoms. The molecule has 122 valence electrons. The van der Waals surface area contributed by atoms with Gasteiger partial charge in [0, 0.05) is 22.0 Å². The number of aliphatic hydroxyl groups is 1. The molecule has 2 aromatic rings. The molecule has 0 saturated carbocycles. The molecule has 1 unspecified atom stereocenters. The first-order valence-corrected chi connectivity index (χ1v) is 7.62. The van der Waals surface area contributed by atoms with E-state index in [2.05, 4.69) is 15.9 Å². The van der Waals surface area contributed by atoms with Crippen LogP contribution < -0.4 is 0 Å². The van der Waals surface area contributed by atoms with Crippen LogP contribution in [0.15, 0.2) is 46.9 Å². The summed E-state index contributed by atoms with van der Waals surface area (Å²) in [5, 5.41) is 11.0. The molecule has 2 atom stereocenters. The van der Waals surface area contributed by atoms with E-state index in [0.29, 0.717) is 6.07 Å². The summed E-state index contributed by atoms with van der Waals surface area (Å²) in [6.07, 6.45) is 0. The number of esters is 1. The van der Waals surface area contributed by atoms with Crippen LogP contribution in [0, 0.1) is 11.6 Å². The van der Waals surface area contributed by atoms with Crippen molar-refractivity contribution in [2.24, 2.45) is 0 Å². The monoisotopic (exact) mass is 384 g/mol. The second kappa shape index (κ2) is 6.76. The molecule has 0 aliphatic heterocycles. The van der Waals surface area contributed by atoms with E-state index in [9.17, 15) is 18.7 Å². The SMILES string of the molecule is COC(=O)[C@@](O)(c1ccccc1)C(C)c1c(F)cc(F)cc1Br. The van der Waals surface area contributed by atoms with Crippen molar-refractivity contribution in [1.29, 1.82) is 0 Å². The summed E-state index contributed by atoms with van der Waals surface area (Å²) in [5.74, 6) is -3.56. The second-order valence-corrected chi connectivity index (χ2v) is 5.98. The molecule has 0 heterocycles. The van der Waals surface area contributed by atoms with E-state index in [0.717, 1.165) is 13.2 Å². The summed E-state index contributed by atoms with van der Waals surface area (Å²) in [7, 11) is 1.14. The summed E-state index contributed by atoms with van der Waals surface area (Å²) in [5.41, 5.74) is -1.87. The number of rotatable bonds is 4. The van der Waals surface area contributed by atoms with Gasteiger partial charge in [0.2, 0.25) is 0 Å². The Hall–Kier alpha value is -1.79. The lowest BCUT2D eigenvalue weighted by Gasteiger charge is -2.32. The number of carbonyl (C=O) groups is 1. The lowest BCUT2D eigenvalue weighted by molar-refractivity contribution is -0.166. The van der Waals surface area contributed by atoms with Crippen molar-refractivity contribution in [3.63, 3.8) is 0 Å². The van der Waals surface area contributed by atoms with Crippen molar-refractivity contribution in [3.8, 4) is 0 Å². The van der Waals surface area contributed by atoms with Gasteiger partial charge in [0.05, 0.1) is 7.11 Å². The fourth-order valence-electron chi connectivity index (χ4n) is 2.57. The summed E-state index contributed by atoms with van der Waals surface area (Å²) in [4.78, 5) is 12.3. The zero-order valence-corrected chi connectivity index (χ0v) is 14.1. The Balaban J connectivity index is 2.64. The van der Waals surface area contributed by atoms with Crippen molar-refractivity contribution >= 4 is 21.9 Å². The molecule has 0 aromatic heterocycles. The number of hydrogen-bond acceptors (Lipinski definition) is 3. The van der Waals surface area contributed by atoms with Crippen molar-refractivity contribution in [2.45, 2.75) is 18.4 Å². The summed E-state index contributed by atoms with van der Waals surface area (Å²) in [6, 6.07) is 9.89. The van der Waals surface area contributed by atoms with Gasteiger partial charge in [-0.25, -0.2) is 13.6 Å². The molecular weight excluding hydrogens is 370 g/mol. The Morgan fingerprint density at radius 2 is 1.87 bits per heavy atom. The maximum Gasteiger partial charge on any atom is 0.343 e. The number of hydrogen-bond donors (Lipinski definition) is 1. The average Bonchev–Trinajstić information content (AvgIpc) is 2.53. The maximum atomic E-state index is 14.2. The third kappa shape index (κ3) is 3.14. The summed E-state index contributed by atoms with van der Waals surface area (Å²) >= 11 is 3.09. The summed E-state index contributed by atoms with van der Waals surface area (Å²) < 4.78 is 32.4. The molecule has 2 rings (SSSR count). The smallest absolute Gasteiger partial charge is 0.343 e. The van der Waals surface area contributed by atoms with Crippen LogP contribution in [-0.2, 0) is 15.1 Å². The van der Waals surface area contributed by atoms with E-state index < -0.39 is 29.1 Å². The number of benzene rings is 2. The number of ether oxygens (including phenoxy) is 1. The minimum absolute atomic E-state index is 0.0110. The molecule has 0 spiro atoms. The first kappa shape index (κ1) is 17.6. The van der Waals surface area contributed by atoms with Crippen LogP contribution in [0.5, 0.6) is 0 Å². The third-order valence-corrected chi connectivity index (χ3v) is 4.47. The Kier molecular flexibility index (Phi) is 5.16. The molecule has 0 fully saturated rings. The van der Waals surface area contributed by atoms with Crippen molar-refractivity contribution < 1.29 is 23.4 Å². The van der Waals surface area contributed by atoms with E-state index in [1.54, 1.807) is 30.3 Å². The minimum atomic E-state index is -2.11. The van der Waals surface area contributed by atoms with Gasteiger partial charge < -0.3 is 9.84 Å². The van der Waals surface area contributed by atoms with E-state index in [1.807, 2.05) is 0 Å². The Bertz CT molecular complexity index is 698. The Morgan fingerprint density at radius 3 is 2.39 bits per heavy atom. The lowest BCUT2D eigenvalue weighted by atomic mass is 9.78. The van der Waals surface area contributed by atoms with Gasteiger partial charge >= 0.3 is 5.97 Å². The van der Waals surface area contributed by atoms with Crippen molar-refractivity contribution in [3.05, 3.63) is 69.7 Å². The van der Waals surface area contributed by atoms with Gasteiger partial charge in [-0.1, -0.05) is 53.2 Å². The van der Waals surface area contributed by atoms with Crippen LogP contribution in [0.1, 0.15) is 24.0 Å². The predicted molar refractivity (Wildman–Crippen MR) is 84.8 cm³/mol. The number of methoxy groups -OCH3 is 1. The molecule has 0 radical (unpaired) electrons. The first-order valence-electron chi connectivity index (χ1n) is 6.83. The van der Waals surface area contributed by atoms with E-state index in [4.69, 9.17) is 4.74 Å². The van der Waals surface area contributed by atoms with Crippen LogP contribution >= 0.6 is 15.9 Å². The highest BCUT2D eigenvalue weighted by molar-refractivity contribution is 9.10. The van der Waals surface area contributed by atoms with E-state index in [1.165, 1.54) is 6.92 Å². The number of carbonyl (C=O) groups excluding carboxylic acids is 1. The van der Waals surface area contributed by atoms with Crippen LogP contribution in [0.2, 0.25) is 0 Å². The van der Waals surface area contributed by atoms with Gasteiger partial charge in [-0.15, -0.1) is 0 Å². The topological polar surface area (TPSA) is 46.5 Å². The normalized spacial score (nSPS) is 14.9. The minimum Gasteiger partial charge on any atom is -0.467 e. The molecule has 0 aliphatic rings. The lowest BCUT2D eigenvalue weighted by Crippen LogP contribution is -2.42. The van der Waals surface area contributed by atoms with Crippen molar-refractivity contribution in [2.75, 3.05) is 7.11 Å². The van der Waals surface area contributed by atoms with Gasteiger partial charge in [0.1, 0.15) is 11.6 Å². The van der Waals surface area contributed by atoms with Gasteiger partial charge in [-0.2, -0.15) is 0 Å². The van der Waals surface area contributed by atoms with Crippen molar-refractivity contribution in [1.82, 2.24) is 0 Å². The first-order chi connectivity index (χ1) is 10.8. The fraction of sp³-hybridized carbons (Fsp3) is 0.235. The quantitative estimate of drug-likeness (QED) is 0.813. The highest BCUT2D eigenvalue weighted by Gasteiger charge is 2.46. The van der Waals surface area contributed by atoms with E-state index >= 15 is 0 Å². The Morgan fingerprint density at radius 1 is 1.26 bits per heavy atom. The van der Waals surface area contributed by atoms with Crippen LogP contribution in [0.4, 0.5) is 8.78 Å². The van der Waals surface area contributed by atoms with Gasteiger partial charge in [-0.05, 0) is 11.6 Å². The molecule has 0 saturated heterocycles. The number of halogens is 3. The molecular formula is C17H15BrF2O3. The maximum absolute atomic E-state index is 14.2. The van der Waals surface area contributed by atoms with Gasteiger partial charge in [0.25, 0.3) is 0 Å². The Labute approximate surface area is 141 Å². The van der Waals surface area contributed by atoms with Crippen LogP contribution in [0.25, 0.3) is 0 Å². The zero-order chi connectivity index (χ0) is 17.2. The fourth-order valence-corrected chi connectivity index (χ4v) is 3.32. The zero-order valence-electron chi connectivity index (χ0n) is 12.5. The van der Waals surface area contributed by atoms with E-state index in [-0.39, 0.29) is 15.6 Å². The summed E-state index contributed by atoms with van der Waals surface area (Å²) in [6.45, 7) is 1.48. The molecule has 0 bridgehead atoms. The second-order valence-electron chi connectivity index (χ2n) is 5.13. The van der Waals surface area contributed by atoms with Crippen LogP contribution in [0.3, 0.4) is 0 Å². The standard InChI is InChI=1S/C17H15BrF2O3/c1-10(15-13(18)8-12(19)9-14(15)20)17(22,16(21)23-2)11-6-4-3-5-7-11/h3-10,22H,1-2H3/t10?,17-/m0/s1. The molecule has 0 amide bonds. The van der Waals surface area contributed by atoms with Crippen LogP contribution in [-0.4, -0.2) is 18.2 Å². The molecule has 0 aliphatic carbocycles. The van der Waals surface area contributed by atoms with Gasteiger partial charge in [0.15, 0.2) is 5.60 Å². The van der Waals surface area contributed by atoms with Gasteiger partial charge in [-0.3, -0.25) is 0 Å². The molecule has 2 aromatic carbocycles. The largest absolute Gasteiger partial charge is 0.467 e. The third-order valence-electron chi connectivity index (χ3n) is 3.81. The highest BCUT2D eigenvalue weighted by atomic mass is 79.9.